The van der Waals surface area contributed by atoms with Gasteiger partial charge in [-0.1, -0.05) is 19.3 Å². The lowest BCUT2D eigenvalue weighted by Crippen LogP contribution is -2.37. The fourth-order valence-electron chi connectivity index (χ4n) is 3.57. The van der Waals surface area contributed by atoms with E-state index in [4.69, 9.17) is 5.10 Å². The zero-order valence-electron chi connectivity index (χ0n) is 16.1. The van der Waals surface area contributed by atoms with E-state index in [9.17, 15) is 9.59 Å². The van der Waals surface area contributed by atoms with Crippen LogP contribution in [0.5, 0.6) is 0 Å². The zero-order valence-corrected chi connectivity index (χ0v) is 17.0. The van der Waals surface area contributed by atoms with Gasteiger partial charge in [0.25, 0.3) is 5.91 Å². The van der Waals surface area contributed by atoms with Crippen molar-refractivity contribution in [3.05, 3.63) is 16.6 Å². The third kappa shape index (κ3) is 4.87. The lowest BCUT2D eigenvalue weighted by Gasteiger charge is -2.22. The molecule has 0 unspecified atom stereocenters. The Kier molecular flexibility index (Phi) is 6.84. The lowest BCUT2D eigenvalue weighted by molar-refractivity contribution is -0.120. The molecule has 1 aliphatic carbocycles. The van der Waals surface area contributed by atoms with Crippen LogP contribution in [0, 0.1) is 6.92 Å². The first kappa shape index (κ1) is 19.8. The standard InChI is InChI=1S/C19H29N5O2S/c1-3-21-17(25)12-20-9-10-22-18(26)16-11-15-13(2)23-24(19(15)27-16)14-7-5-4-6-8-14/h11,14,20H,3-10,12H2,1-2H3,(H,21,25)(H,22,26). The van der Waals surface area contributed by atoms with Crippen molar-refractivity contribution < 1.29 is 9.59 Å². The van der Waals surface area contributed by atoms with Crippen LogP contribution in [0.1, 0.15) is 60.4 Å². The second-order valence-electron chi connectivity index (χ2n) is 7.04. The number of nitrogens with zero attached hydrogens (tertiary/aromatic N) is 2. The Labute approximate surface area is 163 Å². The molecule has 1 fully saturated rings. The molecule has 3 N–H and O–H groups in total. The molecule has 8 heteroatoms. The molecule has 0 spiro atoms. The van der Waals surface area contributed by atoms with E-state index in [-0.39, 0.29) is 18.4 Å². The normalized spacial score (nSPS) is 15.2. The molecule has 2 aromatic rings. The third-order valence-corrected chi connectivity index (χ3v) is 6.08. The Morgan fingerprint density at radius 3 is 2.74 bits per heavy atom. The average Bonchev–Trinajstić information content (AvgIpc) is 3.23. The maximum Gasteiger partial charge on any atom is 0.261 e. The summed E-state index contributed by atoms with van der Waals surface area (Å²) < 4.78 is 2.15. The van der Waals surface area contributed by atoms with Crippen LogP contribution in [-0.2, 0) is 4.79 Å². The van der Waals surface area contributed by atoms with Crippen molar-refractivity contribution in [2.45, 2.75) is 52.0 Å². The first-order valence-corrected chi connectivity index (χ1v) is 10.7. The minimum Gasteiger partial charge on any atom is -0.355 e. The van der Waals surface area contributed by atoms with E-state index in [0.29, 0.717) is 25.7 Å². The number of hydrogen-bond donors (Lipinski definition) is 3. The fourth-order valence-corrected chi connectivity index (χ4v) is 4.72. The minimum atomic E-state index is -0.0643. The molecule has 3 rings (SSSR count). The van der Waals surface area contributed by atoms with Crippen molar-refractivity contribution >= 4 is 33.4 Å². The summed E-state index contributed by atoms with van der Waals surface area (Å²) in [6.07, 6.45) is 6.17. The Hall–Kier alpha value is -1.93. The topological polar surface area (TPSA) is 88.1 Å². The minimum absolute atomic E-state index is 0.0314. The summed E-state index contributed by atoms with van der Waals surface area (Å²) in [4.78, 5) is 25.7. The summed E-state index contributed by atoms with van der Waals surface area (Å²) in [5, 5.41) is 14.5. The number of carbonyl (C=O) groups excluding carboxylic acids is 2. The van der Waals surface area contributed by atoms with E-state index in [1.807, 2.05) is 19.9 Å². The van der Waals surface area contributed by atoms with Crippen molar-refractivity contribution in [1.82, 2.24) is 25.7 Å². The van der Waals surface area contributed by atoms with Gasteiger partial charge >= 0.3 is 0 Å². The smallest absolute Gasteiger partial charge is 0.261 e. The summed E-state index contributed by atoms with van der Waals surface area (Å²) in [6.45, 7) is 5.84. The van der Waals surface area contributed by atoms with Crippen LogP contribution < -0.4 is 16.0 Å². The molecule has 0 aliphatic heterocycles. The predicted octanol–water partition coefficient (Wildman–Crippen LogP) is 2.37. The lowest BCUT2D eigenvalue weighted by atomic mass is 9.96. The second kappa shape index (κ2) is 9.32. The summed E-state index contributed by atoms with van der Waals surface area (Å²) in [5.41, 5.74) is 0.995. The third-order valence-electron chi connectivity index (χ3n) is 4.96. The molecule has 0 bridgehead atoms. The van der Waals surface area contributed by atoms with Crippen LogP contribution in [0.25, 0.3) is 10.2 Å². The van der Waals surface area contributed by atoms with Crippen LogP contribution in [0.2, 0.25) is 0 Å². The average molecular weight is 392 g/mol. The fraction of sp³-hybridized carbons (Fsp3) is 0.632. The highest BCUT2D eigenvalue weighted by atomic mass is 32.1. The Bertz CT molecular complexity index is 791. The number of fused-ring (bicyclic) bond motifs is 1. The van der Waals surface area contributed by atoms with Gasteiger partial charge in [-0.2, -0.15) is 5.10 Å². The molecular weight excluding hydrogens is 362 g/mol. The van der Waals surface area contributed by atoms with E-state index in [2.05, 4.69) is 20.6 Å². The van der Waals surface area contributed by atoms with Gasteiger partial charge in [0.15, 0.2) is 0 Å². The molecule has 27 heavy (non-hydrogen) atoms. The summed E-state index contributed by atoms with van der Waals surface area (Å²) in [7, 11) is 0. The van der Waals surface area contributed by atoms with E-state index in [1.165, 1.54) is 43.4 Å². The maximum absolute atomic E-state index is 12.5. The molecule has 0 radical (unpaired) electrons. The van der Waals surface area contributed by atoms with E-state index >= 15 is 0 Å². The first-order chi connectivity index (χ1) is 13.1. The predicted molar refractivity (Wildman–Crippen MR) is 108 cm³/mol. The quantitative estimate of drug-likeness (QED) is 0.603. The van der Waals surface area contributed by atoms with Gasteiger partial charge in [0.05, 0.1) is 23.2 Å². The van der Waals surface area contributed by atoms with Crippen molar-refractivity contribution in [2.24, 2.45) is 0 Å². The maximum atomic E-state index is 12.5. The second-order valence-corrected chi connectivity index (χ2v) is 8.07. The Morgan fingerprint density at radius 1 is 1.22 bits per heavy atom. The molecule has 1 aliphatic rings. The molecule has 2 amide bonds. The van der Waals surface area contributed by atoms with Gasteiger partial charge in [0.1, 0.15) is 4.83 Å². The number of carbonyl (C=O) groups is 2. The molecule has 0 saturated heterocycles. The van der Waals surface area contributed by atoms with E-state index in [0.717, 1.165) is 20.8 Å². The highest BCUT2D eigenvalue weighted by Crippen LogP contribution is 2.35. The molecule has 2 aromatic heterocycles. The van der Waals surface area contributed by atoms with Crippen molar-refractivity contribution in [1.29, 1.82) is 0 Å². The van der Waals surface area contributed by atoms with Gasteiger partial charge in [0, 0.05) is 25.0 Å². The highest BCUT2D eigenvalue weighted by Gasteiger charge is 2.22. The van der Waals surface area contributed by atoms with Gasteiger partial charge in [0.2, 0.25) is 5.91 Å². The SMILES string of the molecule is CCNC(=O)CNCCNC(=O)c1cc2c(C)nn(C3CCCCC3)c2s1. The van der Waals surface area contributed by atoms with E-state index in [1.54, 1.807) is 0 Å². The van der Waals surface area contributed by atoms with Gasteiger partial charge in [-0.3, -0.25) is 14.3 Å². The molecule has 2 heterocycles. The number of hydrogen-bond acceptors (Lipinski definition) is 5. The number of rotatable bonds is 8. The number of aryl methyl sites for hydroxylation is 1. The molecule has 0 atom stereocenters. The number of aromatic nitrogens is 2. The van der Waals surface area contributed by atoms with Crippen LogP contribution in [0.15, 0.2) is 6.07 Å². The van der Waals surface area contributed by atoms with Crippen LogP contribution in [0.4, 0.5) is 0 Å². The number of likely N-dealkylation sites (N-methyl/N-ethyl adjacent to an activating group) is 1. The zero-order chi connectivity index (χ0) is 19.2. The summed E-state index contributed by atoms with van der Waals surface area (Å²) in [5.74, 6) is -0.0957. The monoisotopic (exact) mass is 391 g/mol. The van der Waals surface area contributed by atoms with Crippen molar-refractivity contribution in [3.63, 3.8) is 0 Å². The number of amides is 2. The van der Waals surface area contributed by atoms with Gasteiger partial charge in [-0.15, -0.1) is 11.3 Å². The molecular formula is C19H29N5O2S. The molecule has 0 aromatic carbocycles. The molecule has 7 nitrogen and oxygen atoms in total. The largest absolute Gasteiger partial charge is 0.355 e. The van der Waals surface area contributed by atoms with Crippen LogP contribution >= 0.6 is 11.3 Å². The number of nitrogens with one attached hydrogen (secondary N) is 3. The van der Waals surface area contributed by atoms with Crippen LogP contribution in [-0.4, -0.2) is 47.8 Å². The highest BCUT2D eigenvalue weighted by molar-refractivity contribution is 7.20. The Morgan fingerprint density at radius 2 is 2.00 bits per heavy atom. The molecule has 1 saturated carbocycles. The van der Waals surface area contributed by atoms with Gasteiger partial charge < -0.3 is 16.0 Å². The number of thiophene rings is 1. The van der Waals surface area contributed by atoms with Crippen LogP contribution in [0.3, 0.4) is 0 Å². The molecule has 148 valence electrons. The summed E-state index contributed by atoms with van der Waals surface area (Å²) >= 11 is 1.53. The van der Waals surface area contributed by atoms with Gasteiger partial charge in [-0.05, 0) is 32.8 Å². The Balaban J connectivity index is 1.56. The van der Waals surface area contributed by atoms with Crippen molar-refractivity contribution in [3.8, 4) is 0 Å². The first-order valence-electron chi connectivity index (χ1n) is 9.84. The summed E-state index contributed by atoms with van der Waals surface area (Å²) in [6, 6.07) is 2.42. The van der Waals surface area contributed by atoms with Crippen molar-refractivity contribution in [2.75, 3.05) is 26.2 Å². The van der Waals surface area contributed by atoms with Gasteiger partial charge in [-0.25, -0.2) is 0 Å². The van der Waals surface area contributed by atoms with E-state index < -0.39 is 0 Å².